The first-order valence-electron chi connectivity index (χ1n) is 4.05. The molecule has 0 saturated heterocycles. The van der Waals surface area contributed by atoms with E-state index in [0.29, 0.717) is 0 Å². The van der Waals surface area contributed by atoms with Crippen LogP contribution < -0.4 is 11.5 Å². The standard InChI is InChI=1S/C9H9F3N2O/c10-9(11,12)6-4-2-1-3-5(6)7(13)8(14)15/h1-4,7H,13H2,(H2,14,15)/t7-/m1/s1. The van der Waals surface area contributed by atoms with Crippen LogP contribution in [0.25, 0.3) is 0 Å². The lowest BCUT2D eigenvalue weighted by Crippen LogP contribution is -2.30. The topological polar surface area (TPSA) is 69.1 Å². The molecule has 0 saturated carbocycles. The molecule has 1 atom stereocenters. The highest BCUT2D eigenvalue weighted by atomic mass is 19.4. The maximum absolute atomic E-state index is 12.5. The van der Waals surface area contributed by atoms with Gasteiger partial charge in [-0.05, 0) is 11.6 Å². The van der Waals surface area contributed by atoms with Crippen molar-refractivity contribution >= 4 is 5.91 Å². The Morgan fingerprint density at radius 3 is 2.27 bits per heavy atom. The van der Waals surface area contributed by atoms with Gasteiger partial charge in [-0.15, -0.1) is 0 Å². The summed E-state index contributed by atoms with van der Waals surface area (Å²) in [7, 11) is 0. The van der Waals surface area contributed by atoms with Crippen molar-refractivity contribution in [3.63, 3.8) is 0 Å². The number of halogens is 3. The van der Waals surface area contributed by atoms with Crippen molar-refractivity contribution < 1.29 is 18.0 Å². The Morgan fingerprint density at radius 2 is 1.80 bits per heavy atom. The largest absolute Gasteiger partial charge is 0.416 e. The summed E-state index contributed by atoms with van der Waals surface area (Å²) >= 11 is 0. The van der Waals surface area contributed by atoms with E-state index in [4.69, 9.17) is 11.5 Å². The predicted octanol–water partition coefficient (Wildman–Crippen LogP) is 1.19. The number of amides is 1. The molecule has 0 aliphatic rings. The van der Waals surface area contributed by atoms with Gasteiger partial charge in [0.2, 0.25) is 5.91 Å². The van der Waals surface area contributed by atoms with Crippen LogP contribution in [0.1, 0.15) is 17.2 Å². The number of benzene rings is 1. The highest BCUT2D eigenvalue weighted by Gasteiger charge is 2.35. The molecule has 0 aromatic heterocycles. The lowest BCUT2D eigenvalue weighted by atomic mass is 10.0. The van der Waals surface area contributed by atoms with Gasteiger partial charge in [-0.2, -0.15) is 13.2 Å². The molecule has 0 fully saturated rings. The molecule has 0 unspecified atom stereocenters. The van der Waals surface area contributed by atoms with E-state index in [-0.39, 0.29) is 5.56 Å². The van der Waals surface area contributed by atoms with Gasteiger partial charge < -0.3 is 11.5 Å². The lowest BCUT2D eigenvalue weighted by Gasteiger charge is -2.15. The second-order valence-corrected chi connectivity index (χ2v) is 2.97. The molecule has 0 aliphatic carbocycles. The van der Waals surface area contributed by atoms with E-state index in [2.05, 4.69) is 0 Å². The smallest absolute Gasteiger partial charge is 0.368 e. The molecule has 1 amide bonds. The van der Waals surface area contributed by atoms with Crippen LogP contribution >= 0.6 is 0 Å². The van der Waals surface area contributed by atoms with Crippen molar-refractivity contribution in [1.82, 2.24) is 0 Å². The summed E-state index contributed by atoms with van der Waals surface area (Å²) in [5.41, 5.74) is 8.87. The zero-order valence-electron chi connectivity index (χ0n) is 7.58. The highest BCUT2D eigenvalue weighted by molar-refractivity contribution is 5.81. The Hall–Kier alpha value is -1.56. The van der Waals surface area contributed by atoms with Gasteiger partial charge in [-0.25, -0.2) is 0 Å². The molecule has 1 aromatic rings. The molecule has 15 heavy (non-hydrogen) atoms. The van der Waals surface area contributed by atoms with E-state index in [0.717, 1.165) is 12.1 Å². The predicted molar refractivity (Wildman–Crippen MR) is 47.6 cm³/mol. The van der Waals surface area contributed by atoms with Crippen molar-refractivity contribution in [2.24, 2.45) is 11.5 Å². The maximum atomic E-state index is 12.5. The van der Waals surface area contributed by atoms with Gasteiger partial charge in [0.05, 0.1) is 5.56 Å². The summed E-state index contributed by atoms with van der Waals surface area (Å²) < 4.78 is 37.4. The molecule has 4 N–H and O–H groups in total. The molecule has 0 radical (unpaired) electrons. The summed E-state index contributed by atoms with van der Waals surface area (Å²) in [5, 5.41) is 0. The van der Waals surface area contributed by atoms with Gasteiger partial charge in [0.15, 0.2) is 0 Å². The van der Waals surface area contributed by atoms with Gasteiger partial charge >= 0.3 is 6.18 Å². The van der Waals surface area contributed by atoms with Gasteiger partial charge in [0.1, 0.15) is 6.04 Å². The van der Waals surface area contributed by atoms with Crippen molar-refractivity contribution in [2.75, 3.05) is 0 Å². The van der Waals surface area contributed by atoms with Crippen LogP contribution in [0.15, 0.2) is 24.3 Å². The summed E-state index contributed by atoms with van der Waals surface area (Å²) in [6, 6.07) is 3.15. The third-order valence-corrected chi connectivity index (χ3v) is 1.91. The van der Waals surface area contributed by atoms with Gasteiger partial charge in [-0.3, -0.25) is 4.79 Å². The molecular formula is C9H9F3N2O. The van der Waals surface area contributed by atoms with E-state index >= 15 is 0 Å². The van der Waals surface area contributed by atoms with E-state index in [1.807, 2.05) is 0 Å². The van der Waals surface area contributed by atoms with E-state index in [9.17, 15) is 18.0 Å². The molecule has 0 aliphatic heterocycles. The van der Waals surface area contributed by atoms with Gasteiger partial charge in [-0.1, -0.05) is 18.2 Å². The minimum absolute atomic E-state index is 0.308. The fraction of sp³-hybridized carbons (Fsp3) is 0.222. The zero-order valence-corrected chi connectivity index (χ0v) is 7.58. The van der Waals surface area contributed by atoms with Gasteiger partial charge in [0.25, 0.3) is 0 Å². The zero-order chi connectivity index (χ0) is 11.6. The molecule has 3 nitrogen and oxygen atoms in total. The first-order valence-corrected chi connectivity index (χ1v) is 4.05. The van der Waals surface area contributed by atoms with E-state index in [1.165, 1.54) is 12.1 Å². The molecule has 1 aromatic carbocycles. The fourth-order valence-corrected chi connectivity index (χ4v) is 1.18. The van der Waals surface area contributed by atoms with Crippen LogP contribution in [0.5, 0.6) is 0 Å². The van der Waals surface area contributed by atoms with Crippen LogP contribution in [0.4, 0.5) is 13.2 Å². The summed E-state index contributed by atoms with van der Waals surface area (Å²) in [6.45, 7) is 0. The van der Waals surface area contributed by atoms with Crippen LogP contribution in [-0.4, -0.2) is 5.91 Å². The number of alkyl halides is 3. The minimum atomic E-state index is -4.54. The second kappa shape index (κ2) is 3.90. The maximum Gasteiger partial charge on any atom is 0.416 e. The number of carbonyl (C=O) groups excluding carboxylic acids is 1. The molecule has 0 spiro atoms. The van der Waals surface area contributed by atoms with Crippen LogP contribution in [0.2, 0.25) is 0 Å². The first kappa shape index (κ1) is 11.5. The normalized spacial score (nSPS) is 13.6. The highest BCUT2D eigenvalue weighted by Crippen LogP contribution is 2.33. The summed E-state index contributed by atoms with van der Waals surface area (Å²) in [6.07, 6.45) is -4.54. The number of hydrogen-bond donors (Lipinski definition) is 2. The Morgan fingerprint density at radius 1 is 1.27 bits per heavy atom. The number of carbonyl (C=O) groups is 1. The monoisotopic (exact) mass is 218 g/mol. The first-order chi connectivity index (χ1) is 6.84. The Bertz CT molecular complexity index is 376. The van der Waals surface area contributed by atoms with Gasteiger partial charge in [0, 0.05) is 0 Å². The van der Waals surface area contributed by atoms with Crippen molar-refractivity contribution in [3.05, 3.63) is 35.4 Å². The Balaban J connectivity index is 3.24. The molecule has 6 heteroatoms. The average Bonchev–Trinajstić information content (AvgIpc) is 2.15. The van der Waals surface area contributed by atoms with E-state index < -0.39 is 23.7 Å². The minimum Gasteiger partial charge on any atom is -0.368 e. The number of primary amides is 1. The molecular weight excluding hydrogens is 209 g/mol. The quantitative estimate of drug-likeness (QED) is 0.782. The lowest BCUT2D eigenvalue weighted by molar-refractivity contribution is -0.138. The van der Waals surface area contributed by atoms with Crippen molar-refractivity contribution in [3.8, 4) is 0 Å². The number of rotatable bonds is 2. The molecule has 1 rings (SSSR count). The number of nitrogens with two attached hydrogens (primary N) is 2. The molecule has 0 bridgehead atoms. The second-order valence-electron chi connectivity index (χ2n) is 2.97. The number of hydrogen-bond acceptors (Lipinski definition) is 2. The summed E-state index contributed by atoms with van der Waals surface area (Å²) in [5.74, 6) is -0.994. The molecule has 0 heterocycles. The SMILES string of the molecule is NC(=O)[C@H](N)c1ccccc1C(F)(F)F. The van der Waals surface area contributed by atoms with Crippen molar-refractivity contribution in [1.29, 1.82) is 0 Å². The third-order valence-electron chi connectivity index (χ3n) is 1.91. The third kappa shape index (κ3) is 2.47. The van der Waals surface area contributed by atoms with E-state index in [1.54, 1.807) is 0 Å². The van der Waals surface area contributed by atoms with Crippen LogP contribution in [-0.2, 0) is 11.0 Å². The Labute approximate surface area is 83.9 Å². The van der Waals surface area contributed by atoms with Crippen LogP contribution in [0, 0.1) is 0 Å². The van der Waals surface area contributed by atoms with Crippen LogP contribution in [0.3, 0.4) is 0 Å². The average molecular weight is 218 g/mol. The summed E-state index contributed by atoms with van der Waals surface area (Å²) in [4.78, 5) is 10.7. The fourth-order valence-electron chi connectivity index (χ4n) is 1.18. The molecule has 82 valence electrons. The Kier molecular flexibility index (Phi) is 2.99. The van der Waals surface area contributed by atoms with Crippen molar-refractivity contribution in [2.45, 2.75) is 12.2 Å².